The largest absolute Gasteiger partial charge is 0.467 e. The fourth-order valence-electron chi connectivity index (χ4n) is 4.80. The maximum atomic E-state index is 13.1. The maximum Gasteiger partial charge on any atom is 0.228 e. The van der Waals surface area contributed by atoms with Crippen LogP contribution >= 0.6 is 0 Å². The summed E-state index contributed by atoms with van der Waals surface area (Å²) in [5, 5.41) is 0. The lowest BCUT2D eigenvalue weighted by molar-refractivity contribution is -0.137. The van der Waals surface area contributed by atoms with E-state index < -0.39 is 0 Å². The molecule has 0 aromatic carbocycles. The van der Waals surface area contributed by atoms with Gasteiger partial charge in [0, 0.05) is 31.6 Å². The molecule has 3 saturated heterocycles. The van der Waals surface area contributed by atoms with Crippen LogP contribution in [0.1, 0.15) is 37.9 Å². The highest BCUT2D eigenvalue weighted by molar-refractivity contribution is 5.89. The summed E-state index contributed by atoms with van der Waals surface area (Å²) in [5.41, 5.74) is 0. The van der Waals surface area contributed by atoms with Crippen LogP contribution in [0.4, 0.5) is 0 Å². The second-order valence-corrected chi connectivity index (χ2v) is 7.69. The highest BCUT2D eigenvalue weighted by atomic mass is 16.3. The summed E-state index contributed by atoms with van der Waals surface area (Å²) in [4.78, 5) is 31.7. The zero-order chi connectivity index (χ0) is 17.4. The molecular weight excluding hydrogens is 318 g/mol. The zero-order valence-corrected chi connectivity index (χ0v) is 14.9. The van der Waals surface area contributed by atoms with Crippen molar-refractivity contribution in [3.05, 3.63) is 24.2 Å². The lowest BCUT2D eigenvalue weighted by Gasteiger charge is -2.34. The molecule has 3 atom stereocenters. The first-order valence-electron chi connectivity index (χ1n) is 9.44. The number of carbonyl (C=O) groups excluding carboxylic acids is 2. The van der Waals surface area contributed by atoms with Gasteiger partial charge in [0.25, 0.3) is 0 Å². The smallest absolute Gasteiger partial charge is 0.228 e. The van der Waals surface area contributed by atoms with Crippen LogP contribution in [0.3, 0.4) is 0 Å². The molecule has 4 heterocycles. The minimum absolute atomic E-state index is 0.0588. The molecular formula is C19H27N3O3. The van der Waals surface area contributed by atoms with E-state index in [1.807, 2.05) is 12.1 Å². The van der Waals surface area contributed by atoms with E-state index in [4.69, 9.17) is 4.42 Å². The van der Waals surface area contributed by atoms with Crippen LogP contribution in [0.15, 0.2) is 22.8 Å². The first kappa shape index (κ1) is 16.6. The van der Waals surface area contributed by atoms with Gasteiger partial charge in [-0.2, -0.15) is 0 Å². The third-order valence-electron chi connectivity index (χ3n) is 6.09. The standard InChI is InChI=1S/C19H27N3O3/c1-20-8-2-6-16(20)17-7-3-9-22(17)19(24)14-11-18(23)21(12-14)13-15-5-4-10-25-15/h4-5,10,14,16-17H,2-3,6-9,11-13H2,1H3/t14-,16+,17+/m0/s1. The van der Waals surface area contributed by atoms with Crippen molar-refractivity contribution in [1.82, 2.24) is 14.7 Å². The Morgan fingerprint density at radius 3 is 2.76 bits per heavy atom. The van der Waals surface area contributed by atoms with Gasteiger partial charge in [-0.15, -0.1) is 0 Å². The van der Waals surface area contributed by atoms with Gasteiger partial charge < -0.3 is 19.1 Å². The topological polar surface area (TPSA) is 57.0 Å². The van der Waals surface area contributed by atoms with Crippen LogP contribution < -0.4 is 0 Å². The first-order valence-corrected chi connectivity index (χ1v) is 9.44. The van der Waals surface area contributed by atoms with Crippen LogP contribution in [0.2, 0.25) is 0 Å². The third-order valence-corrected chi connectivity index (χ3v) is 6.09. The molecule has 0 spiro atoms. The summed E-state index contributed by atoms with van der Waals surface area (Å²) in [6.45, 7) is 2.95. The molecule has 3 aliphatic heterocycles. The molecule has 0 aliphatic carbocycles. The van der Waals surface area contributed by atoms with Gasteiger partial charge in [0.1, 0.15) is 5.76 Å². The highest BCUT2D eigenvalue weighted by Gasteiger charge is 2.43. The van der Waals surface area contributed by atoms with Crippen LogP contribution in [0, 0.1) is 5.92 Å². The average Bonchev–Trinajstić information content (AvgIpc) is 3.36. The summed E-state index contributed by atoms with van der Waals surface area (Å²) in [6.07, 6.45) is 6.53. The van der Waals surface area contributed by atoms with Gasteiger partial charge in [-0.1, -0.05) is 0 Å². The predicted octanol–water partition coefficient (Wildman–Crippen LogP) is 1.71. The molecule has 1 aromatic rings. The molecule has 2 amide bonds. The molecule has 25 heavy (non-hydrogen) atoms. The van der Waals surface area contributed by atoms with Crippen LogP contribution in [0.25, 0.3) is 0 Å². The van der Waals surface area contributed by atoms with Crippen molar-refractivity contribution >= 4 is 11.8 Å². The van der Waals surface area contributed by atoms with Gasteiger partial charge in [0.2, 0.25) is 11.8 Å². The van der Waals surface area contributed by atoms with E-state index >= 15 is 0 Å². The summed E-state index contributed by atoms with van der Waals surface area (Å²) in [5.74, 6) is 0.810. The van der Waals surface area contributed by atoms with Crippen molar-refractivity contribution in [3.8, 4) is 0 Å². The monoisotopic (exact) mass is 345 g/mol. The van der Waals surface area contributed by atoms with Crippen molar-refractivity contribution in [2.75, 3.05) is 26.7 Å². The van der Waals surface area contributed by atoms with E-state index in [1.54, 1.807) is 11.2 Å². The lowest BCUT2D eigenvalue weighted by Crippen LogP contribution is -2.49. The van der Waals surface area contributed by atoms with Crippen molar-refractivity contribution in [1.29, 1.82) is 0 Å². The van der Waals surface area contributed by atoms with Gasteiger partial charge >= 0.3 is 0 Å². The molecule has 0 saturated carbocycles. The van der Waals surface area contributed by atoms with E-state index in [1.165, 1.54) is 12.8 Å². The van der Waals surface area contributed by atoms with E-state index in [9.17, 15) is 9.59 Å². The number of hydrogen-bond acceptors (Lipinski definition) is 4. The third kappa shape index (κ3) is 3.19. The van der Waals surface area contributed by atoms with Crippen molar-refractivity contribution in [2.45, 2.75) is 50.7 Å². The average molecular weight is 345 g/mol. The molecule has 6 nitrogen and oxygen atoms in total. The Morgan fingerprint density at radius 1 is 1.24 bits per heavy atom. The molecule has 3 fully saturated rings. The van der Waals surface area contributed by atoms with E-state index in [0.29, 0.717) is 31.6 Å². The number of amides is 2. The number of hydrogen-bond donors (Lipinski definition) is 0. The van der Waals surface area contributed by atoms with Gasteiger partial charge in [0.15, 0.2) is 0 Å². The van der Waals surface area contributed by atoms with Crippen LogP contribution in [0.5, 0.6) is 0 Å². The number of likely N-dealkylation sites (N-methyl/N-ethyl adjacent to an activating group) is 1. The molecule has 0 unspecified atom stereocenters. The second-order valence-electron chi connectivity index (χ2n) is 7.69. The Hall–Kier alpha value is -1.82. The SMILES string of the molecule is CN1CCC[C@@H]1[C@H]1CCCN1C(=O)[C@H]1CC(=O)N(Cc2ccco2)C1. The normalized spacial score (nSPS) is 30.6. The Balaban J connectivity index is 1.41. The van der Waals surface area contributed by atoms with Gasteiger partial charge in [-0.05, 0) is 51.4 Å². The van der Waals surface area contributed by atoms with Gasteiger partial charge in [0.05, 0.1) is 18.7 Å². The van der Waals surface area contributed by atoms with Crippen LogP contribution in [-0.4, -0.2) is 65.3 Å². The summed E-state index contributed by atoms with van der Waals surface area (Å²) in [6, 6.07) is 4.51. The Kier molecular flexibility index (Phi) is 4.54. The van der Waals surface area contributed by atoms with Crippen molar-refractivity contribution in [3.63, 3.8) is 0 Å². The van der Waals surface area contributed by atoms with E-state index in [2.05, 4.69) is 16.8 Å². The van der Waals surface area contributed by atoms with Gasteiger partial charge in [-0.3, -0.25) is 9.59 Å². The zero-order valence-electron chi connectivity index (χ0n) is 14.9. The minimum atomic E-state index is -0.199. The minimum Gasteiger partial charge on any atom is -0.467 e. The molecule has 0 radical (unpaired) electrons. The molecule has 4 rings (SSSR count). The lowest BCUT2D eigenvalue weighted by atomic mass is 10.0. The number of likely N-dealkylation sites (tertiary alicyclic amines) is 3. The number of rotatable bonds is 4. The fourth-order valence-corrected chi connectivity index (χ4v) is 4.80. The predicted molar refractivity (Wildman–Crippen MR) is 92.6 cm³/mol. The molecule has 1 aromatic heterocycles. The molecule has 6 heteroatoms. The second kappa shape index (κ2) is 6.83. The fraction of sp³-hybridized carbons (Fsp3) is 0.684. The summed E-state index contributed by atoms with van der Waals surface area (Å²) < 4.78 is 5.34. The molecule has 0 N–H and O–H groups in total. The Morgan fingerprint density at radius 2 is 2.04 bits per heavy atom. The Bertz CT molecular complexity index is 630. The first-order chi connectivity index (χ1) is 12.1. The number of carbonyl (C=O) groups is 2. The molecule has 3 aliphatic rings. The van der Waals surface area contributed by atoms with Crippen LogP contribution in [-0.2, 0) is 16.1 Å². The van der Waals surface area contributed by atoms with Crippen molar-refractivity contribution < 1.29 is 14.0 Å². The van der Waals surface area contributed by atoms with Gasteiger partial charge in [-0.25, -0.2) is 0 Å². The molecule has 0 bridgehead atoms. The van der Waals surface area contributed by atoms with E-state index in [-0.39, 0.29) is 17.7 Å². The Labute approximate surface area is 148 Å². The summed E-state index contributed by atoms with van der Waals surface area (Å²) >= 11 is 0. The molecule has 136 valence electrons. The number of furan rings is 1. The maximum absolute atomic E-state index is 13.1. The van der Waals surface area contributed by atoms with Crippen molar-refractivity contribution in [2.24, 2.45) is 5.92 Å². The number of nitrogens with zero attached hydrogens (tertiary/aromatic N) is 3. The summed E-state index contributed by atoms with van der Waals surface area (Å²) in [7, 11) is 2.17. The quantitative estimate of drug-likeness (QED) is 0.834. The highest BCUT2D eigenvalue weighted by Crippen LogP contribution is 2.32. The van der Waals surface area contributed by atoms with E-state index in [0.717, 1.165) is 31.7 Å².